The summed E-state index contributed by atoms with van der Waals surface area (Å²) in [6.07, 6.45) is 0. The number of benzene rings is 2. The average molecular weight is 595 g/mol. The number of hydrogen-bond acceptors (Lipinski definition) is 1. The van der Waals surface area contributed by atoms with E-state index in [0.29, 0.717) is 31.8 Å². The highest BCUT2D eigenvalue weighted by Gasteiger charge is 2.21. The average Bonchev–Trinajstić information content (AvgIpc) is 2.48. The standard InChI is InChI=1S/C15H8Br4Cl2O/c16-5-9-11(18)3-1-7(13(9)20)15(22)8-2-4-12(19)10(6-17)14(8)21/h1-4H,5-6H2. The van der Waals surface area contributed by atoms with Crippen LogP contribution in [0.25, 0.3) is 0 Å². The van der Waals surface area contributed by atoms with Gasteiger partial charge in [0.05, 0.1) is 10.0 Å². The molecule has 0 aliphatic carbocycles. The number of carbonyl (C=O) groups excluding carboxylic acids is 1. The zero-order valence-corrected chi connectivity index (χ0v) is 18.8. The molecule has 1 nitrogen and oxygen atoms in total. The van der Waals surface area contributed by atoms with Gasteiger partial charge in [-0.25, -0.2) is 0 Å². The lowest BCUT2D eigenvalue weighted by atomic mass is 10.00. The van der Waals surface area contributed by atoms with Crippen molar-refractivity contribution < 1.29 is 4.79 Å². The molecule has 2 aromatic rings. The molecule has 0 atom stereocenters. The summed E-state index contributed by atoms with van der Waals surface area (Å²) in [7, 11) is 0. The van der Waals surface area contributed by atoms with Gasteiger partial charge in [-0.3, -0.25) is 4.79 Å². The van der Waals surface area contributed by atoms with Gasteiger partial charge in [0, 0.05) is 30.7 Å². The van der Waals surface area contributed by atoms with Crippen LogP contribution in [-0.4, -0.2) is 5.78 Å². The largest absolute Gasteiger partial charge is 0.288 e. The second-order valence-corrected chi connectivity index (χ2v) is 7.96. The summed E-state index contributed by atoms with van der Waals surface area (Å²) in [6.45, 7) is 0. The predicted octanol–water partition coefficient (Wildman–Crippen LogP) is 7.54. The van der Waals surface area contributed by atoms with E-state index >= 15 is 0 Å². The minimum Gasteiger partial charge on any atom is -0.288 e. The number of carbonyl (C=O) groups is 1. The van der Waals surface area contributed by atoms with Crippen LogP contribution in [0.2, 0.25) is 10.0 Å². The fraction of sp³-hybridized carbons (Fsp3) is 0.133. The molecule has 0 bridgehead atoms. The van der Waals surface area contributed by atoms with E-state index in [4.69, 9.17) is 23.2 Å². The Bertz CT molecular complexity index is 685. The van der Waals surface area contributed by atoms with E-state index < -0.39 is 0 Å². The van der Waals surface area contributed by atoms with E-state index in [2.05, 4.69) is 63.7 Å². The molecular formula is C15H8Br4Cl2O. The van der Waals surface area contributed by atoms with Gasteiger partial charge in [0.2, 0.25) is 0 Å². The number of alkyl halides is 2. The highest BCUT2D eigenvalue weighted by atomic mass is 79.9. The van der Waals surface area contributed by atoms with Crippen molar-refractivity contribution in [3.05, 3.63) is 65.5 Å². The molecule has 2 rings (SSSR count). The summed E-state index contributed by atoms with van der Waals surface area (Å²) in [5, 5.41) is 1.95. The Morgan fingerprint density at radius 2 is 1.18 bits per heavy atom. The summed E-state index contributed by atoms with van der Waals surface area (Å²) in [5.74, 6) is -0.195. The first-order valence-corrected chi connectivity index (χ1v) is 10.6. The van der Waals surface area contributed by atoms with Crippen molar-refractivity contribution >= 4 is 92.7 Å². The van der Waals surface area contributed by atoms with Crippen LogP contribution in [0.4, 0.5) is 0 Å². The molecule has 0 radical (unpaired) electrons. The topological polar surface area (TPSA) is 17.1 Å². The van der Waals surface area contributed by atoms with Crippen LogP contribution in [0.5, 0.6) is 0 Å². The van der Waals surface area contributed by atoms with Gasteiger partial charge < -0.3 is 0 Å². The predicted molar refractivity (Wildman–Crippen MR) is 107 cm³/mol. The first-order valence-electron chi connectivity index (χ1n) is 6.02. The van der Waals surface area contributed by atoms with Crippen LogP contribution >= 0.6 is 86.9 Å². The van der Waals surface area contributed by atoms with Crippen LogP contribution in [0.15, 0.2) is 33.2 Å². The summed E-state index contributed by atoms with van der Waals surface area (Å²) in [5.41, 5.74) is 2.54. The highest BCUT2D eigenvalue weighted by Crippen LogP contribution is 2.35. The van der Waals surface area contributed by atoms with Gasteiger partial charge in [-0.2, -0.15) is 0 Å². The Hall–Kier alpha value is 0.610. The molecule has 0 aliphatic heterocycles. The number of rotatable bonds is 4. The second-order valence-electron chi connectivity index (χ2n) is 4.37. The number of hydrogen-bond donors (Lipinski definition) is 0. The molecule has 0 amide bonds. The maximum Gasteiger partial charge on any atom is 0.196 e. The van der Waals surface area contributed by atoms with Crippen molar-refractivity contribution in [3.63, 3.8) is 0 Å². The van der Waals surface area contributed by atoms with Crippen LogP contribution < -0.4 is 0 Å². The molecule has 2 aromatic carbocycles. The van der Waals surface area contributed by atoms with Gasteiger partial charge in [-0.15, -0.1) is 0 Å². The lowest BCUT2D eigenvalue weighted by Crippen LogP contribution is -2.06. The van der Waals surface area contributed by atoms with Gasteiger partial charge >= 0.3 is 0 Å². The van der Waals surface area contributed by atoms with Crippen LogP contribution in [0.3, 0.4) is 0 Å². The van der Waals surface area contributed by atoms with Crippen LogP contribution in [0.1, 0.15) is 27.0 Å². The molecule has 0 saturated carbocycles. The molecular weight excluding hydrogens is 587 g/mol. The summed E-state index contributed by atoms with van der Waals surface area (Å²) in [4.78, 5) is 12.8. The third-order valence-electron chi connectivity index (χ3n) is 3.13. The summed E-state index contributed by atoms with van der Waals surface area (Å²) >= 11 is 26.4. The Morgan fingerprint density at radius 3 is 1.50 bits per heavy atom. The van der Waals surface area contributed by atoms with Gasteiger partial charge in [0.25, 0.3) is 0 Å². The SMILES string of the molecule is O=C(c1ccc(Br)c(CBr)c1Cl)c1ccc(Br)c(CBr)c1Cl. The van der Waals surface area contributed by atoms with Crippen molar-refractivity contribution in [2.24, 2.45) is 0 Å². The molecule has 116 valence electrons. The molecule has 0 aliphatic rings. The minimum atomic E-state index is -0.195. The normalized spacial score (nSPS) is 10.8. The Balaban J connectivity index is 2.59. The third-order valence-corrected chi connectivity index (χ3v) is 6.60. The minimum absolute atomic E-state index is 0.195. The van der Waals surface area contributed by atoms with Gasteiger partial charge in [-0.1, -0.05) is 86.9 Å². The van der Waals surface area contributed by atoms with E-state index in [1.165, 1.54) is 0 Å². The van der Waals surface area contributed by atoms with E-state index in [1.807, 2.05) is 12.1 Å². The fourth-order valence-corrected chi connectivity index (χ4v) is 5.98. The first kappa shape index (κ1) is 18.9. The van der Waals surface area contributed by atoms with Crippen molar-refractivity contribution in [2.75, 3.05) is 0 Å². The fourth-order valence-electron chi connectivity index (χ4n) is 1.94. The maximum absolute atomic E-state index is 12.8. The van der Waals surface area contributed by atoms with E-state index in [9.17, 15) is 4.79 Å². The second kappa shape index (κ2) is 8.13. The number of halogens is 6. The third kappa shape index (κ3) is 3.65. The monoisotopic (exact) mass is 590 g/mol. The van der Waals surface area contributed by atoms with Crippen LogP contribution in [-0.2, 0) is 10.7 Å². The van der Waals surface area contributed by atoms with Gasteiger partial charge in [0.1, 0.15) is 0 Å². The van der Waals surface area contributed by atoms with Crippen molar-refractivity contribution in [1.29, 1.82) is 0 Å². The molecule has 0 saturated heterocycles. The zero-order chi connectivity index (χ0) is 16.4. The molecule has 0 spiro atoms. The van der Waals surface area contributed by atoms with E-state index in [-0.39, 0.29) is 5.78 Å². The van der Waals surface area contributed by atoms with Gasteiger partial charge in [-0.05, 0) is 35.4 Å². The Kier molecular flexibility index (Phi) is 7.00. The Labute approximate surface area is 172 Å². The van der Waals surface area contributed by atoms with E-state index in [0.717, 1.165) is 20.1 Å². The Morgan fingerprint density at radius 1 is 0.818 bits per heavy atom. The molecule has 0 unspecified atom stereocenters. The molecule has 0 N–H and O–H groups in total. The lowest BCUT2D eigenvalue weighted by molar-refractivity contribution is 0.103. The summed E-state index contributed by atoms with van der Waals surface area (Å²) < 4.78 is 1.71. The molecule has 22 heavy (non-hydrogen) atoms. The molecule has 0 fully saturated rings. The lowest BCUT2D eigenvalue weighted by Gasteiger charge is -2.12. The quantitative estimate of drug-likeness (QED) is 0.264. The molecule has 0 aromatic heterocycles. The highest BCUT2D eigenvalue weighted by molar-refractivity contribution is 9.11. The maximum atomic E-state index is 12.8. The van der Waals surface area contributed by atoms with Crippen LogP contribution in [0, 0.1) is 0 Å². The smallest absolute Gasteiger partial charge is 0.196 e. The van der Waals surface area contributed by atoms with Crippen molar-refractivity contribution in [1.82, 2.24) is 0 Å². The van der Waals surface area contributed by atoms with Crippen molar-refractivity contribution in [3.8, 4) is 0 Å². The van der Waals surface area contributed by atoms with E-state index in [1.54, 1.807) is 12.1 Å². The van der Waals surface area contributed by atoms with Crippen molar-refractivity contribution in [2.45, 2.75) is 10.7 Å². The first-order chi connectivity index (χ1) is 10.4. The zero-order valence-electron chi connectivity index (χ0n) is 10.9. The van der Waals surface area contributed by atoms with Gasteiger partial charge in [0.15, 0.2) is 5.78 Å². The number of ketones is 1. The molecule has 7 heteroatoms. The summed E-state index contributed by atoms with van der Waals surface area (Å²) in [6, 6.07) is 7.03. The molecule has 0 heterocycles.